The summed E-state index contributed by atoms with van der Waals surface area (Å²) >= 11 is 1.95. The van der Waals surface area contributed by atoms with Crippen LogP contribution < -0.4 is 10.1 Å². The summed E-state index contributed by atoms with van der Waals surface area (Å²) in [5.74, 6) is -0.508. The Hall–Kier alpha value is -1.20. The average Bonchev–Trinajstić information content (AvgIpc) is 2.52. The molecule has 2 N–H and O–H groups in total. The number of rotatable bonds is 7. The van der Waals surface area contributed by atoms with Gasteiger partial charge in [0.25, 0.3) is 0 Å². The highest BCUT2D eigenvalue weighted by Crippen LogP contribution is 2.26. The second-order valence-electron chi connectivity index (χ2n) is 5.33. The molecular formula is C16H23NO3S. The van der Waals surface area contributed by atoms with E-state index in [9.17, 15) is 4.79 Å². The third-order valence-corrected chi connectivity index (χ3v) is 4.96. The summed E-state index contributed by atoms with van der Waals surface area (Å²) in [6.45, 7) is 1.24. The molecule has 0 saturated heterocycles. The van der Waals surface area contributed by atoms with Gasteiger partial charge < -0.3 is 15.2 Å². The van der Waals surface area contributed by atoms with Crippen molar-refractivity contribution in [3.63, 3.8) is 0 Å². The number of benzene rings is 1. The second kappa shape index (κ2) is 8.29. The van der Waals surface area contributed by atoms with Gasteiger partial charge in [-0.05, 0) is 37.7 Å². The van der Waals surface area contributed by atoms with Gasteiger partial charge in [-0.2, -0.15) is 11.8 Å². The molecule has 1 aliphatic carbocycles. The number of thioether (sulfide) groups is 1. The molecule has 1 fully saturated rings. The van der Waals surface area contributed by atoms with Crippen molar-refractivity contribution in [1.29, 1.82) is 0 Å². The van der Waals surface area contributed by atoms with E-state index < -0.39 is 5.97 Å². The standard InChI is InChI=1S/C16H23NO3S/c1-21-13-6-4-5-12(11-13)17-9-10-20-15-8-3-2-7-14(15)16(18)19/h2-3,7-8,12-13,17H,4-6,9-11H2,1H3,(H,18,19). The first-order valence-electron chi connectivity index (χ1n) is 7.42. The Morgan fingerprint density at radius 1 is 1.43 bits per heavy atom. The Kier molecular flexibility index (Phi) is 6.39. The normalized spacial score (nSPS) is 22.0. The minimum Gasteiger partial charge on any atom is -0.491 e. The van der Waals surface area contributed by atoms with E-state index in [1.54, 1.807) is 24.3 Å². The van der Waals surface area contributed by atoms with E-state index in [2.05, 4.69) is 11.6 Å². The SMILES string of the molecule is CSC1CCCC(NCCOc2ccccc2C(=O)O)C1. The third kappa shape index (κ3) is 4.93. The number of carbonyl (C=O) groups is 1. The summed E-state index contributed by atoms with van der Waals surface area (Å²) in [5, 5.41) is 13.4. The van der Waals surface area contributed by atoms with Gasteiger partial charge in [-0.3, -0.25) is 0 Å². The van der Waals surface area contributed by atoms with Crippen LogP contribution in [0.4, 0.5) is 0 Å². The lowest BCUT2D eigenvalue weighted by atomic mass is 9.95. The van der Waals surface area contributed by atoms with Gasteiger partial charge in [-0.1, -0.05) is 18.6 Å². The summed E-state index contributed by atoms with van der Waals surface area (Å²) in [7, 11) is 0. The van der Waals surface area contributed by atoms with Gasteiger partial charge in [0.2, 0.25) is 0 Å². The van der Waals surface area contributed by atoms with Crippen molar-refractivity contribution in [3.8, 4) is 5.75 Å². The fraction of sp³-hybridized carbons (Fsp3) is 0.562. The van der Waals surface area contributed by atoms with Crippen LogP contribution in [0.2, 0.25) is 0 Å². The highest BCUT2D eigenvalue weighted by atomic mass is 32.2. The molecule has 0 radical (unpaired) electrons. The smallest absolute Gasteiger partial charge is 0.339 e. The minimum atomic E-state index is -0.950. The molecule has 1 aromatic carbocycles. The van der Waals surface area contributed by atoms with Gasteiger partial charge in [0, 0.05) is 17.8 Å². The summed E-state index contributed by atoms with van der Waals surface area (Å²) in [5.41, 5.74) is 0.220. The van der Waals surface area contributed by atoms with Crippen LogP contribution in [0.25, 0.3) is 0 Å². The van der Waals surface area contributed by atoms with Gasteiger partial charge in [0.1, 0.15) is 17.9 Å². The van der Waals surface area contributed by atoms with E-state index in [1.807, 2.05) is 11.8 Å². The number of aromatic carboxylic acids is 1. The van der Waals surface area contributed by atoms with Crippen LogP contribution in [0.1, 0.15) is 36.0 Å². The number of hydrogen-bond acceptors (Lipinski definition) is 4. The Balaban J connectivity index is 1.74. The zero-order valence-electron chi connectivity index (χ0n) is 12.4. The molecule has 1 aliphatic rings. The molecule has 21 heavy (non-hydrogen) atoms. The Morgan fingerprint density at radius 2 is 2.24 bits per heavy atom. The zero-order valence-corrected chi connectivity index (χ0v) is 13.2. The summed E-state index contributed by atoms with van der Waals surface area (Å²) in [6, 6.07) is 7.33. The fourth-order valence-electron chi connectivity index (χ4n) is 2.74. The second-order valence-corrected chi connectivity index (χ2v) is 6.46. The van der Waals surface area contributed by atoms with E-state index in [-0.39, 0.29) is 5.56 Å². The number of ether oxygens (including phenoxy) is 1. The van der Waals surface area contributed by atoms with Crippen LogP contribution in [0.3, 0.4) is 0 Å². The zero-order chi connectivity index (χ0) is 15.1. The number of nitrogens with one attached hydrogen (secondary N) is 1. The summed E-state index contributed by atoms with van der Waals surface area (Å²) in [4.78, 5) is 11.1. The Labute approximate surface area is 130 Å². The van der Waals surface area contributed by atoms with Crippen LogP contribution in [0, 0.1) is 0 Å². The highest BCUT2D eigenvalue weighted by molar-refractivity contribution is 7.99. The predicted octanol–water partition coefficient (Wildman–Crippen LogP) is 3.03. The van der Waals surface area contributed by atoms with Gasteiger partial charge in [-0.15, -0.1) is 0 Å². The molecule has 0 bridgehead atoms. The van der Waals surface area contributed by atoms with Gasteiger partial charge in [0.15, 0.2) is 0 Å². The molecule has 5 heteroatoms. The molecule has 2 unspecified atom stereocenters. The lowest BCUT2D eigenvalue weighted by Crippen LogP contribution is -2.37. The summed E-state index contributed by atoms with van der Waals surface area (Å²) in [6.07, 6.45) is 7.22. The van der Waals surface area contributed by atoms with Crippen molar-refractivity contribution in [3.05, 3.63) is 29.8 Å². The fourth-order valence-corrected chi connectivity index (χ4v) is 3.56. The topological polar surface area (TPSA) is 58.6 Å². The molecule has 0 aliphatic heterocycles. The molecule has 0 aromatic heterocycles. The summed E-state index contributed by atoms with van der Waals surface area (Å²) < 4.78 is 5.59. The lowest BCUT2D eigenvalue weighted by molar-refractivity contribution is 0.0692. The van der Waals surface area contributed by atoms with Gasteiger partial charge in [0.05, 0.1) is 0 Å². The van der Waals surface area contributed by atoms with Crippen molar-refractivity contribution in [2.45, 2.75) is 37.0 Å². The molecule has 1 saturated carbocycles. The minimum absolute atomic E-state index is 0.220. The molecule has 0 heterocycles. The van der Waals surface area contributed by atoms with Crippen molar-refractivity contribution in [2.75, 3.05) is 19.4 Å². The molecule has 1 aromatic rings. The van der Waals surface area contributed by atoms with E-state index in [4.69, 9.17) is 9.84 Å². The third-order valence-electron chi connectivity index (χ3n) is 3.87. The molecule has 2 rings (SSSR count). The number of carboxylic acids is 1. The van der Waals surface area contributed by atoms with Crippen LogP contribution in [0.15, 0.2) is 24.3 Å². The molecule has 116 valence electrons. The molecule has 0 amide bonds. The van der Waals surface area contributed by atoms with Crippen molar-refractivity contribution < 1.29 is 14.6 Å². The monoisotopic (exact) mass is 309 g/mol. The van der Waals surface area contributed by atoms with Crippen LogP contribution in [-0.2, 0) is 0 Å². The quantitative estimate of drug-likeness (QED) is 0.758. The Bertz CT molecular complexity index is 467. The van der Waals surface area contributed by atoms with Gasteiger partial charge in [-0.25, -0.2) is 4.79 Å². The van der Waals surface area contributed by atoms with Crippen LogP contribution >= 0.6 is 11.8 Å². The number of para-hydroxylation sites is 1. The molecule has 4 nitrogen and oxygen atoms in total. The lowest BCUT2D eigenvalue weighted by Gasteiger charge is -2.28. The highest BCUT2D eigenvalue weighted by Gasteiger charge is 2.20. The largest absolute Gasteiger partial charge is 0.491 e. The Morgan fingerprint density at radius 3 is 3.00 bits per heavy atom. The van der Waals surface area contributed by atoms with E-state index >= 15 is 0 Å². The van der Waals surface area contributed by atoms with Gasteiger partial charge >= 0.3 is 5.97 Å². The maximum atomic E-state index is 11.1. The van der Waals surface area contributed by atoms with Crippen molar-refractivity contribution in [2.24, 2.45) is 0 Å². The number of hydrogen-bond donors (Lipinski definition) is 2. The first kappa shape index (κ1) is 16.2. The van der Waals surface area contributed by atoms with E-state index in [0.29, 0.717) is 18.4 Å². The van der Waals surface area contributed by atoms with Crippen molar-refractivity contribution >= 4 is 17.7 Å². The van der Waals surface area contributed by atoms with Crippen molar-refractivity contribution in [1.82, 2.24) is 5.32 Å². The van der Waals surface area contributed by atoms with Crippen LogP contribution in [-0.4, -0.2) is 41.8 Å². The van der Waals surface area contributed by atoms with E-state index in [0.717, 1.165) is 11.8 Å². The maximum Gasteiger partial charge on any atom is 0.339 e. The average molecular weight is 309 g/mol. The van der Waals surface area contributed by atoms with Crippen LogP contribution in [0.5, 0.6) is 5.75 Å². The van der Waals surface area contributed by atoms with E-state index in [1.165, 1.54) is 25.7 Å². The number of carboxylic acid groups (broad SMARTS) is 1. The maximum absolute atomic E-state index is 11.1. The first-order chi connectivity index (χ1) is 10.2. The predicted molar refractivity (Wildman–Crippen MR) is 86.5 cm³/mol. The molecular weight excluding hydrogens is 286 g/mol. The first-order valence-corrected chi connectivity index (χ1v) is 8.70. The molecule has 2 atom stereocenters. The molecule has 0 spiro atoms.